The van der Waals surface area contributed by atoms with Crippen molar-refractivity contribution in [2.45, 2.75) is 37.8 Å². The summed E-state index contributed by atoms with van der Waals surface area (Å²) >= 11 is 1.75. The molecule has 110 valence electrons. The number of rotatable bonds is 5. The number of carbonyl (C=O) groups excluding carboxylic acids is 1. The summed E-state index contributed by atoms with van der Waals surface area (Å²) in [6.07, 6.45) is 4.77. The zero-order valence-corrected chi connectivity index (χ0v) is 12.5. The molecule has 2 aliphatic rings. The molecule has 0 spiro atoms. The van der Waals surface area contributed by atoms with Gasteiger partial charge in [-0.25, -0.2) is 0 Å². The lowest BCUT2D eigenvalue weighted by molar-refractivity contribution is -0.131. The zero-order chi connectivity index (χ0) is 13.8. The molecule has 5 heteroatoms. The maximum absolute atomic E-state index is 12.4. The third-order valence-electron chi connectivity index (χ3n) is 4.12. The van der Waals surface area contributed by atoms with Gasteiger partial charge in [0.2, 0.25) is 5.91 Å². The van der Waals surface area contributed by atoms with Crippen LogP contribution >= 0.6 is 11.3 Å². The predicted molar refractivity (Wildman–Crippen MR) is 79.9 cm³/mol. The minimum Gasteiger partial charge on any atom is -0.377 e. The van der Waals surface area contributed by atoms with E-state index in [0.717, 1.165) is 45.4 Å². The first-order valence-corrected chi connectivity index (χ1v) is 8.38. The fraction of sp³-hybridized carbons (Fsp3) is 0.667. The Balaban J connectivity index is 1.48. The number of nitrogens with one attached hydrogen (secondary N) is 1. The van der Waals surface area contributed by atoms with Gasteiger partial charge in [-0.2, -0.15) is 0 Å². The summed E-state index contributed by atoms with van der Waals surface area (Å²) in [5.41, 5.74) is 0. The topological polar surface area (TPSA) is 41.6 Å². The highest BCUT2D eigenvalue weighted by Crippen LogP contribution is 2.34. The van der Waals surface area contributed by atoms with Crippen molar-refractivity contribution in [3.63, 3.8) is 0 Å². The Labute approximate surface area is 124 Å². The van der Waals surface area contributed by atoms with Gasteiger partial charge < -0.3 is 15.0 Å². The lowest BCUT2D eigenvalue weighted by Gasteiger charge is -2.24. The first kappa shape index (κ1) is 14.0. The Kier molecular flexibility index (Phi) is 4.70. The number of likely N-dealkylation sites (tertiary alicyclic amines) is 1. The summed E-state index contributed by atoms with van der Waals surface area (Å²) in [7, 11) is 0. The van der Waals surface area contributed by atoms with E-state index in [1.165, 1.54) is 4.88 Å². The van der Waals surface area contributed by atoms with Crippen LogP contribution in [0.5, 0.6) is 0 Å². The van der Waals surface area contributed by atoms with Gasteiger partial charge >= 0.3 is 0 Å². The van der Waals surface area contributed by atoms with Crippen molar-refractivity contribution in [3.8, 4) is 0 Å². The molecule has 3 heterocycles. The Morgan fingerprint density at radius 1 is 1.45 bits per heavy atom. The molecule has 0 aromatic carbocycles. The van der Waals surface area contributed by atoms with Crippen LogP contribution in [0.25, 0.3) is 0 Å². The standard InChI is InChI=1S/C15H22N2O2S/c18-15(11-16-10-12-4-2-8-19-12)17-7-1-5-13(17)14-6-3-9-20-14/h3,6,9,12-13,16H,1-2,4-5,7-8,10-11H2/t12-,13-/m0/s1. The number of ether oxygens (including phenoxy) is 1. The Hall–Kier alpha value is -0.910. The molecule has 0 radical (unpaired) electrons. The molecule has 2 saturated heterocycles. The fourth-order valence-electron chi connectivity index (χ4n) is 3.09. The van der Waals surface area contributed by atoms with Gasteiger partial charge in [-0.3, -0.25) is 4.79 Å². The van der Waals surface area contributed by atoms with Crippen LogP contribution in [-0.2, 0) is 9.53 Å². The van der Waals surface area contributed by atoms with Gasteiger partial charge in [-0.1, -0.05) is 6.07 Å². The monoisotopic (exact) mass is 294 g/mol. The van der Waals surface area contributed by atoms with Gasteiger partial charge in [0.15, 0.2) is 0 Å². The van der Waals surface area contributed by atoms with Gasteiger partial charge in [-0.05, 0) is 37.1 Å². The molecule has 2 fully saturated rings. The maximum atomic E-state index is 12.4. The van der Waals surface area contributed by atoms with E-state index in [-0.39, 0.29) is 5.91 Å². The van der Waals surface area contributed by atoms with Crippen molar-refractivity contribution in [1.82, 2.24) is 10.2 Å². The van der Waals surface area contributed by atoms with Crippen molar-refractivity contribution in [2.24, 2.45) is 0 Å². The zero-order valence-electron chi connectivity index (χ0n) is 11.7. The van der Waals surface area contributed by atoms with Gasteiger partial charge in [-0.15, -0.1) is 11.3 Å². The highest BCUT2D eigenvalue weighted by atomic mass is 32.1. The highest BCUT2D eigenvalue weighted by Gasteiger charge is 2.30. The molecule has 0 saturated carbocycles. The normalized spacial score (nSPS) is 26.3. The highest BCUT2D eigenvalue weighted by molar-refractivity contribution is 7.10. The van der Waals surface area contributed by atoms with Crippen LogP contribution in [0, 0.1) is 0 Å². The maximum Gasteiger partial charge on any atom is 0.237 e. The van der Waals surface area contributed by atoms with E-state index in [0.29, 0.717) is 18.7 Å². The van der Waals surface area contributed by atoms with Crippen molar-refractivity contribution < 1.29 is 9.53 Å². The largest absolute Gasteiger partial charge is 0.377 e. The molecular weight excluding hydrogens is 272 g/mol. The second kappa shape index (κ2) is 6.70. The SMILES string of the molecule is O=C(CNC[C@@H]1CCCO1)N1CCC[C@H]1c1cccs1. The van der Waals surface area contributed by atoms with Crippen LogP contribution in [0.3, 0.4) is 0 Å². The first-order chi connectivity index (χ1) is 9.84. The molecule has 1 aromatic heterocycles. The summed E-state index contributed by atoms with van der Waals surface area (Å²) in [5, 5.41) is 5.35. The van der Waals surface area contributed by atoms with E-state index >= 15 is 0 Å². The summed E-state index contributed by atoms with van der Waals surface area (Å²) in [6, 6.07) is 4.50. The lowest BCUT2D eigenvalue weighted by Crippen LogP contribution is -2.39. The fourth-order valence-corrected chi connectivity index (χ4v) is 3.96. The molecule has 1 amide bonds. The molecule has 0 bridgehead atoms. The van der Waals surface area contributed by atoms with Crippen molar-refractivity contribution >= 4 is 17.2 Å². The number of thiophene rings is 1. The minimum absolute atomic E-state index is 0.221. The van der Waals surface area contributed by atoms with Crippen molar-refractivity contribution in [1.29, 1.82) is 0 Å². The number of nitrogens with zero attached hydrogens (tertiary/aromatic N) is 1. The van der Waals surface area contributed by atoms with E-state index < -0.39 is 0 Å². The average Bonchev–Trinajstić information content (AvgIpc) is 3.19. The predicted octanol–water partition coefficient (Wildman–Crippen LogP) is 2.18. The molecule has 0 unspecified atom stereocenters. The molecular formula is C15H22N2O2S. The minimum atomic E-state index is 0.221. The van der Waals surface area contributed by atoms with Crippen LogP contribution in [0.1, 0.15) is 36.6 Å². The smallest absolute Gasteiger partial charge is 0.237 e. The molecule has 3 rings (SSSR count). The molecule has 2 atom stereocenters. The number of hydrogen-bond acceptors (Lipinski definition) is 4. The summed E-state index contributed by atoms with van der Waals surface area (Å²) in [6.45, 7) is 2.99. The third kappa shape index (κ3) is 3.22. The van der Waals surface area contributed by atoms with E-state index in [4.69, 9.17) is 4.74 Å². The summed E-state index contributed by atoms with van der Waals surface area (Å²) in [5.74, 6) is 0.221. The van der Waals surface area contributed by atoms with E-state index in [1.807, 2.05) is 4.90 Å². The van der Waals surface area contributed by atoms with Crippen LogP contribution in [0.2, 0.25) is 0 Å². The molecule has 20 heavy (non-hydrogen) atoms. The van der Waals surface area contributed by atoms with Crippen molar-refractivity contribution in [3.05, 3.63) is 22.4 Å². The lowest BCUT2D eigenvalue weighted by atomic mass is 10.2. The number of amides is 1. The summed E-state index contributed by atoms with van der Waals surface area (Å²) in [4.78, 5) is 15.7. The Bertz CT molecular complexity index is 429. The van der Waals surface area contributed by atoms with Crippen LogP contribution in [0.4, 0.5) is 0 Å². The first-order valence-electron chi connectivity index (χ1n) is 7.50. The molecule has 2 aliphatic heterocycles. The van der Waals surface area contributed by atoms with Gasteiger partial charge in [0.1, 0.15) is 0 Å². The van der Waals surface area contributed by atoms with Crippen LogP contribution in [0.15, 0.2) is 17.5 Å². The number of carbonyl (C=O) groups is 1. The number of hydrogen-bond donors (Lipinski definition) is 1. The van der Waals surface area contributed by atoms with E-state index in [1.54, 1.807) is 11.3 Å². The third-order valence-corrected chi connectivity index (χ3v) is 5.09. The Morgan fingerprint density at radius 3 is 3.15 bits per heavy atom. The summed E-state index contributed by atoms with van der Waals surface area (Å²) < 4.78 is 5.55. The van der Waals surface area contributed by atoms with Gasteiger partial charge in [0.05, 0.1) is 18.7 Å². The van der Waals surface area contributed by atoms with Crippen molar-refractivity contribution in [2.75, 3.05) is 26.2 Å². The second-order valence-electron chi connectivity index (χ2n) is 5.53. The van der Waals surface area contributed by atoms with Crippen LogP contribution < -0.4 is 5.32 Å². The van der Waals surface area contributed by atoms with Crippen LogP contribution in [-0.4, -0.2) is 43.2 Å². The molecule has 4 nitrogen and oxygen atoms in total. The van der Waals surface area contributed by atoms with Gasteiger partial charge in [0, 0.05) is 24.6 Å². The second-order valence-corrected chi connectivity index (χ2v) is 6.51. The quantitative estimate of drug-likeness (QED) is 0.905. The van der Waals surface area contributed by atoms with Gasteiger partial charge in [0.25, 0.3) is 0 Å². The molecule has 1 N–H and O–H groups in total. The Morgan fingerprint density at radius 2 is 2.40 bits per heavy atom. The van der Waals surface area contributed by atoms with E-state index in [9.17, 15) is 4.79 Å². The molecule has 1 aromatic rings. The molecule has 0 aliphatic carbocycles. The van der Waals surface area contributed by atoms with E-state index in [2.05, 4.69) is 22.8 Å². The average molecular weight is 294 g/mol.